The highest BCUT2D eigenvalue weighted by Crippen LogP contribution is 2.28. The number of nitro groups is 1. The molecule has 6 nitrogen and oxygen atoms in total. The van der Waals surface area contributed by atoms with E-state index in [1.165, 1.54) is 12.1 Å². The highest BCUT2D eigenvalue weighted by molar-refractivity contribution is 5.69. The SMILES string of the molecule is Cc1[nH]c(-c2ccc([N+](=O)[O-])cc2)nc1-c1ccc(N(C)C)cc1. The number of hydrogen-bond acceptors (Lipinski definition) is 4. The van der Waals surface area contributed by atoms with Crippen molar-refractivity contribution in [1.82, 2.24) is 9.97 Å². The maximum absolute atomic E-state index is 10.7. The average Bonchev–Trinajstić information content (AvgIpc) is 2.97. The number of aromatic amines is 1. The number of anilines is 1. The number of H-pyrrole nitrogens is 1. The normalized spacial score (nSPS) is 10.6. The standard InChI is InChI=1S/C18H18N4O2/c1-12-17(13-4-8-15(9-5-13)21(2)3)20-18(19-12)14-6-10-16(11-7-14)22(23)24/h4-11H,1-3H3,(H,19,20). The Balaban J connectivity index is 1.93. The van der Waals surface area contributed by atoms with Gasteiger partial charge in [0.05, 0.1) is 10.6 Å². The minimum Gasteiger partial charge on any atom is -0.378 e. The van der Waals surface area contributed by atoms with Gasteiger partial charge in [-0.2, -0.15) is 0 Å². The van der Waals surface area contributed by atoms with E-state index in [0.717, 1.165) is 28.2 Å². The maximum atomic E-state index is 10.7. The van der Waals surface area contributed by atoms with E-state index < -0.39 is 4.92 Å². The third kappa shape index (κ3) is 2.99. The zero-order valence-corrected chi connectivity index (χ0v) is 13.8. The molecule has 0 bridgehead atoms. The van der Waals surface area contributed by atoms with Crippen molar-refractivity contribution in [2.24, 2.45) is 0 Å². The van der Waals surface area contributed by atoms with Gasteiger partial charge < -0.3 is 9.88 Å². The van der Waals surface area contributed by atoms with Gasteiger partial charge in [0.25, 0.3) is 5.69 Å². The highest BCUT2D eigenvalue weighted by atomic mass is 16.6. The summed E-state index contributed by atoms with van der Waals surface area (Å²) in [4.78, 5) is 20.3. The van der Waals surface area contributed by atoms with Crippen LogP contribution in [-0.4, -0.2) is 29.0 Å². The molecule has 0 fully saturated rings. The first-order valence-corrected chi connectivity index (χ1v) is 7.55. The summed E-state index contributed by atoms with van der Waals surface area (Å²) in [7, 11) is 4.00. The van der Waals surface area contributed by atoms with Crippen molar-refractivity contribution in [2.45, 2.75) is 6.92 Å². The molecule has 0 aliphatic heterocycles. The van der Waals surface area contributed by atoms with E-state index in [1.807, 2.05) is 38.1 Å². The lowest BCUT2D eigenvalue weighted by molar-refractivity contribution is -0.384. The second kappa shape index (κ2) is 6.16. The summed E-state index contributed by atoms with van der Waals surface area (Å²) >= 11 is 0. The van der Waals surface area contributed by atoms with Crippen molar-refractivity contribution in [3.63, 3.8) is 0 Å². The Bertz CT molecular complexity index is 865. The van der Waals surface area contributed by atoms with Crippen LogP contribution in [0.15, 0.2) is 48.5 Å². The number of benzene rings is 2. The van der Waals surface area contributed by atoms with Crippen molar-refractivity contribution in [3.05, 3.63) is 64.3 Å². The topological polar surface area (TPSA) is 75.1 Å². The lowest BCUT2D eigenvalue weighted by Gasteiger charge is -2.12. The highest BCUT2D eigenvalue weighted by Gasteiger charge is 2.12. The van der Waals surface area contributed by atoms with Crippen molar-refractivity contribution >= 4 is 11.4 Å². The molecule has 0 unspecified atom stereocenters. The molecule has 0 amide bonds. The molecule has 0 aliphatic rings. The summed E-state index contributed by atoms with van der Waals surface area (Å²) < 4.78 is 0. The smallest absolute Gasteiger partial charge is 0.269 e. The molecule has 3 rings (SSSR count). The van der Waals surface area contributed by atoms with Crippen LogP contribution < -0.4 is 4.90 Å². The number of aromatic nitrogens is 2. The quantitative estimate of drug-likeness (QED) is 0.581. The van der Waals surface area contributed by atoms with Gasteiger partial charge in [0.2, 0.25) is 0 Å². The molecular weight excluding hydrogens is 304 g/mol. The number of hydrogen-bond donors (Lipinski definition) is 1. The van der Waals surface area contributed by atoms with Crippen LogP contribution in [0.2, 0.25) is 0 Å². The summed E-state index contributed by atoms with van der Waals surface area (Å²) in [6.07, 6.45) is 0. The summed E-state index contributed by atoms with van der Waals surface area (Å²) in [6.45, 7) is 1.97. The molecule has 3 aromatic rings. The molecule has 0 radical (unpaired) electrons. The van der Waals surface area contributed by atoms with Gasteiger partial charge in [-0.3, -0.25) is 10.1 Å². The van der Waals surface area contributed by atoms with Crippen LogP contribution in [0.3, 0.4) is 0 Å². The van der Waals surface area contributed by atoms with Gasteiger partial charge in [0.1, 0.15) is 5.82 Å². The molecule has 1 heterocycles. The molecule has 2 aromatic carbocycles. The van der Waals surface area contributed by atoms with E-state index in [9.17, 15) is 10.1 Å². The Morgan fingerprint density at radius 1 is 1.00 bits per heavy atom. The van der Waals surface area contributed by atoms with Gasteiger partial charge >= 0.3 is 0 Å². The predicted molar refractivity (Wildman–Crippen MR) is 95.2 cm³/mol. The third-order valence-electron chi connectivity index (χ3n) is 3.89. The first kappa shape index (κ1) is 15.7. The fraction of sp³-hybridized carbons (Fsp3) is 0.167. The van der Waals surface area contributed by atoms with Gasteiger partial charge in [-0.05, 0) is 31.2 Å². The predicted octanol–water partition coefficient (Wildman–Crippen LogP) is 4.03. The van der Waals surface area contributed by atoms with E-state index in [2.05, 4.69) is 22.1 Å². The van der Waals surface area contributed by atoms with Crippen molar-refractivity contribution in [3.8, 4) is 22.6 Å². The van der Waals surface area contributed by atoms with Crippen LogP contribution in [0.1, 0.15) is 5.69 Å². The number of imidazole rings is 1. The number of rotatable bonds is 4. The van der Waals surface area contributed by atoms with Crippen LogP contribution in [0.5, 0.6) is 0 Å². The Labute approximate surface area is 139 Å². The fourth-order valence-electron chi connectivity index (χ4n) is 2.54. The monoisotopic (exact) mass is 322 g/mol. The first-order valence-electron chi connectivity index (χ1n) is 7.55. The van der Waals surface area contributed by atoms with Crippen LogP contribution in [0.4, 0.5) is 11.4 Å². The van der Waals surface area contributed by atoms with Crippen molar-refractivity contribution < 1.29 is 4.92 Å². The second-order valence-electron chi connectivity index (χ2n) is 5.80. The van der Waals surface area contributed by atoms with Crippen LogP contribution in [-0.2, 0) is 0 Å². The summed E-state index contributed by atoms with van der Waals surface area (Å²) in [5.41, 5.74) is 4.89. The maximum Gasteiger partial charge on any atom is 0.269 e. The van der Waals surface area contributed by atoms with E-state index >= 15 is 0 Å². The molecule has 6 heteroatoms. The molecule has 24 heavy (non-hydrogen) atoms. The summed E-state index contributed by atoms with van der Waals surface area (Å²) in [5.74, 6) is 0.703. The average molecular weight is 322 g/mol. The second-order valence-corrected chi connectivity index (χ2v) is 5.80. The zero-order valence-electron chi connectivity index (χ0n) is 13.8. The number of nitrogens with zero attached hydrogens (tertiary/aromatic N) is 3. The number of non-ortho nitro benzene ring substituents is 1. The Morgan fingerprint density at radius 3 is 2.12 bits per heavy atom. The van der Waals surface area contributed by atoms with Crippen LogP contribution in [0.25, 0.3) is 22.6 Å². The van der Waals surface area contributed by atoms with Crippen molar-refractivity contribution in [2.75, 3.05) is 19.0 Å². The molecule has 0 saturated carbocycles. The van der Waals surface area contributed by atoms with Crippen LogP contribution in [0, 0.1) is 17.0 Å². The lowest BCUT2D eigenvalue weighted by Crippen LogP contribution is -2.07. The minimum atomic E-state index is -0.408. The van der Waals surface area contributed by atoms with E-state index in [-0.39, 0.29) is 5.69 Å². The van der Waals surface area contributed by atoms with Gasteiger partial charge in [0, 0.05) is 48.7 Å². The number of nitro benzene ring substituents is 1. The molecule has 0 saturated heterocycles. The largest absolute Gasteiger partial charge is 0.378 e. The Hall–Kier alpha value is -3.15. The lowest BCUT2D eigenvalue weighted by atomic mass is 10.1. The first-order chi connectivity index (χ1) is 11.5. The van der Waals surface area contributed by atoms with Crippen LogP contribution >= 0.6 is 0 Å². The molecule has 1 aromatic heterocycles. The molecule has 0 spiro atoms. The minimum absolute atomic E-state index is 0.0709. The van der Waals surface area contributed by atoms with Gasteiger partial charge in [0.15, 0.2) is 0 Å². The zero-order chi connectivity index (χ0) is 17.3. The summed E-state index contributed by atoms with van der Waals surface area (Å²) in [5, 5.41) is 10.7. The van der Waals surface area contributed by atoms with Crippen molar-refractivity contribution in [1.29, 1.82) is 0 Å². The molecule has 1 N–H and O–H groups in total. The fourth-order valence-corrected chi connectivity index (χ4v) is 2.54. The summed E-state index contributed by atoms with van der Waals surface area (Å²) in [6, 6.07) is 14.6. The third-order valence-corrected chi connectivity index (χ3v) is 3.89. The molecule has 0 atom stereocenters. The number of nitrogens with one attached hydrogen (secondary N) is 1. The molecule has 0 aliphatic carbocycles. The van der Waals surface area contributed by atoms with E-state index in [4.69, 9.17) is 0 Å². The van der Waals surface area contributed by atoms with E-state index in [0.29, 0.717) is 5.82 Å². The molecular formula is C18H18N4O2. The van der Waals surface area contributed by atoms with E-state index in [1.54, 1.807) is 12.1 Å². The van der Waals surface area contributed by atoms with Gasteiger partial charge in [-0.25, -0.2) is 4.98 Å². The Kier molecular flexibility index (Phi) is 4.04. The van der Waals surface area contributed by atoms with Gasteiger partial charge in [-0.15, -0.1) is 0 Å². The molecule has 122 valence electrons. The number of aryl methyl sites for hydroxylation is 1. The van der Waals surface area contributed by atoms with Gasteiger partial charge in [-0.1, -0.05) is 12.1 Å². The Morgan fingerprint density at radius 2 is 1.58 bits per heavy atom.